The number of ether oxygens (including phenoxy) is 2. The number of carbonyl (C=O) groups is 3. The lowest BCUT2D eigenvalue weighted by molar-refractivity contribution is -0.141. The fourth-order valence-electron chi connectivity index (χ4n) is 5.14. The zero-order valence-electron chi connectivity index (χ0n) is 22.9. The van der Waals surface area contributed by atoms with Crippen LogP contribution in [0, 0.1) is 0 Å². The first-order chi connectivity index (χ1) is 20.2. The van der Waals surface area contributed by atoms with Crippen LogP contribution in [0.1, 0.15) is 40.4 Å². The van der Waals surface area contributed by atoms with Crippen LogP contribution in [0.5, 0.6) is 5.75 Å². The highest BCUT2D eigenvalue weighted by Gasteiger charge is 2.43. The van der Waals surface area contributed by atoms with Gasteiger partial charge >= 0.3 is 0 Å². The standard InChI is InChI=1S/C30H30ClN3O7S/c1-40-22-10-6-9-20(16-22)28(29(36)32-17-23-11-7-15-41-23)33(18-21-8-2-4-13-25(21)31)27(35)19-34-30(37)24-12-3-5-14-26(24)42(34,38)39/h2-6,8-10,12-14,16,23,28H,7,11,15,17-19H2,1H3,(H,32,36)/t23-,28+/m1/s1. The second-order valence-corrected chi connectivity index (χ2v) is 12.2. The molecule has 3 amide bonds. The molecule has 42 heavy (non-hydrogen) atoms. The van der Waals surface area contributed by atoms with Crippen LogP contribution in [0.15, 0.2) is 77.7 Å². The van der Waals surface area contributed by atoms with Crippen molar-refractivity contribution in [2.75, 3.05) is 26.8 Å². The van der Waals surface area contributed by atoms with Crippen molar-refractivity contribution in [2.24, 2.45) is 0 Å². The lowest BCUT2D eigenvalue weighted by atomic mass is 10.0. The van der Waals surface area contributed by atoms with Crippen LogP contribution < -0.4 is 10.1 Å². The molecular formula is C30H30ClN3O7S. The molecule has 0 radical (unpaired) electrons. The van der Waals surface area contributed by atoms with E-state index in [9.17, 15) is 22.8 Å². The predicted octanol–water partition coefficient (Wildman–Crippen LogP) is 3.56. The SMILES string of the molecule is COc1cccc([C@@H](C(=O)NC[C@H]2CCCO2)N(Cc2ccccc2Cl)C(=O)CN2C(=O)c3ccccc3S2(=O)=O)c1. The Balaban J connectivity index is 1.53. The van der Waals surface area contributed by atoms with Crippen molar-refractivity contribution in [3.63, 3.8) is 0 Å². The van der Waals surface area contributed by atoms with Crippen LogP contribution >= 0.6 is 11.6 Å². The largest absolute Gasteiger partial charge is 0.497 e. The molecule has 5 rings (SSSR count). The molecule has 1 fully saturated rings. The number of rotatable bonds is 10. The summed E-state index contributed by atoms with van der Waals surface area (Å²) in [6, 6.07) is 18.1. The van der Waals surface area contributed by atoms with Gasteiger partial charge in [0.05, 0.1) is 18.8 Å². The van der Waals surface area contributed by atoms with E-state index in [1.165, 1.54) is 30.2 Å². The van der Waals surface area contributed by atoms with Gasteiger partial charge in [-0.3, -0.25) is 14.4 Å². The summed E-state index contributed by atoms with van der Waals surface area (Å²) in [6.45, 7) is -0.0953. The summed E-state index contributed by atoms with van der Waals surface area (Å²) >= 11 is 6.46. The van der Waals surface area contributed by atoms with Gasteiger partial charge in [-0.1, -0.05) is 54.1 Å². The summed E-state index contributed by atoms with van der Waals surface area (Å²) in [5.74, 6) is -1.61. The van der Waals surface area contributed by atoms with Gasteiger partial charge in [0.25, 0.3) is 15.9 Å². The maximum absolute atomic E-state index is 14.1. The summed E-state index contributed by atoms with van der Waals surface area (Å²) in [4.78, 5) is 42.2. The van der Waals surface area contributed by atoms with Crippen LogP contribution in [0.2, 0.25) is 5.02 Å². The molecule has 0 bridgehead atoms. The lowest BCUT2D eigenvalue weighted by Crippen LogP contribution is -2.48. The Morgan fingerprint density at radius 2 is 1.88 bits per heavy atom. The monoisotopic (exact) mass is 611 g/mol. The molecule has 1 saturated heterocycles. The fraction of sp³-hybridized carbons (Fsp3) is 0.300. The number of nitrogens with zero attached hydrogens (tertiary/aromatic N) is 2. The molecule has 0 saturated carbocycles. The number of benzene rings is 3. The molecule has 2 atom stereocenters. The fourth-order valence-corrected chi connectivity index (χ4v) is 6.85. The smallest absolute Gasteiger partial charge is 0.269 e. The Hall–Kier alpha value is -3.93. The minimum absolute atomic E-state index is 0.0124. The molecule has 220 valence electrons. The van der Waals surface area contributed by atoms with E-state index in [2.05, 4.69) is 5.32 Å². The lowest BCUT2D eigenvalue weighted by Gasteiger charge is -2.33. The molecular weight excluding hydrogens is 582 g/mol. The van der Waals surface area contributed by atoms with Gasteiger partial charge in [-0.05, 0) is 54.3 Å². The minimum Gasteiger partial charge on any atom is -0.497 e. The molecule has 0 aromatic heterocycles. The van der Waals surface area contributed by atoms with Gasteiger partial charge in [0.15, 0.2) is 0 Å². The van der Waals surface area contributed by atoms with Crippen molar-refractivity contribution in [2.45, 2.75) is 36.4 Å². The average molecular weight is 612 g/mol. The summed E-state index contributed by atoms with van der Waals surface area (Å²) in [6.07, 6.45) is 1.53. The van der Waals surface area contributed by atoms with Crippen molar-refractivity contribution >= 4 is 39.3 Å². The molecule has 2 aliphatic heterocycles. The van der Waals surface area contributed by atoms with Crippen molar-refractivity contribution in [1.29, 1.82) is 0 Å². The number of carbonyl (C=O) groups excluding carboxylic acids is 3. The van der Waals surface area contributed by atoms with Gasteiger partial charge in [0.2, 0.25) is 11.8 Å². The zero-order valence-corrected chi connectivity index (χ0v) is 24.4. The Labute approximate surface area is 249 Å². The third kappa shape index (κ3) is 5.99. The van der Waals surface area contributed by atoms with Crippen LogP contribution in [0.25, 0.3) is 0 Å². The van der Waals surface area contributed by atoms with E-state index in [4.69, 9.17) is 21.1 Å². The van der Waals surface area contributed by atoms with E-state index in [1.54, 1.807) is 54.6 Å². The van der Waals surface area contributed by atoms with E-state index < -0.39 is 40.3 Å². The van der Waals surface area contributed by atoms with Crippen molar-refractivity contribution in [3.05, 3.63) is 94.5 Å². The highest BCUT2D eigenvalue weighted by Crippen LogP contribution is 2.32. The molecule has 0 spiro atoms. The molecule has 0 aliphatic carbocycles. The van der Waals surface area contributed by atoms with Gasteiger partial charge in [-0.2, -0.15) is 0 Å². The van der Waals surface area contributed by atoms with E-state index in [1.807, 2.05) is 0 Å². The molecule has 3 aromatic carbocycles. The summed E-state index contributed by atoms with van der Waals surface area (Å²) in [7, 11) is -2.79. The number of halogens is 1. The molecule has 12 heteroatoms. The molecule has 1 N–H and O–H groups in total. The van der Waals surface area contributed by atoms with E-state index in [0.717, 1.165) is 12.8 Å². The number of sulfonamides is 1. The van der Waals surface area contributed by atoms with Crippen LogP contribution in [-0.2, 0) is 30.9 Å². The highest BCUT2D eigenvalue weighted by atomic mass is 35.5. The molecule has 10 nitrogen and oxygen atoms in total. The molecule has 2 aliphatic rings. The first kappa shape index (κ1) is 29.6. The second-order valence-electron chi connectivity index (χ2n) is 9.99. The van der Waals surface area contributed by atoms with Gasteiger partial charge < -0.3 is 19.7 Å². The summed E-state index contributed by atoms with van der Waals surface area (Å²) < 4.78 is 38.1. The first-order valence-corrected chi connectivity index (χ1v) is 15.2. The van der Waals surface area contributed by atoms with Crippen LogP contribution in [-0.4, -0.2) is 68.3 Å². The van der Waals surface area contributed by atoms with Crippen molar-refractivity contribution < 1.29 is 32.3 Å². The minimum atomic E-state index is -4.27. The Morgan fingerprint density at radius 1 is 1.12 bits per heavy atom. The Morgan fingerprint density at radius 3 is 2.60 bits per heavy atom. The van der Waals surface area contributed by atoms with Crippen LogP contribution in [0.4, 0.5) is 0 Å². The number of hydrogen-bond donors (Lipinski definition) is 1. The van der Waals surface area contributed by atoms with Gasteiger partial charge in [-0.15, -0.1) is 0 Å². The van der Waals surface area contributed by atoms with Gasteiger partial charge in [-0.25, -0.2) is 12.7 Å². The number of fused-ring (bicyclic) bond motifs is 1. The molecule has 3 aromatic rings. The maximum Gasteiger partial charge on any atom is 0.269 e. The van der Waals surface area contributed by atoms with Gasteiger partial charge in [0.1, 0.15) is 23.2 Å². The second kappa shape index (κ2) is 12.5. The van der Waals surface area contributed by atoms with E-state index >= 15 is 0 Å². The topological polar surface area (TPSA) is 122 Å². The third-order valence-electron chi connectivity index (χ3n) is 7.31. The summed E-state index contributed by atoms with van der Waals surface area (Å²) in [5.41, 5.74) is 0.950. The normalized spacial score (nSPS) is 17.9. The van der Waals surface area contributed by atoms with Crippen molar-refractivity contribution in [1.82, 2.24) is 14.5 Å². The quantitative estimate of drug-likeness (QED) is 0.372. The van der Waals surface area contributed by atoms with Gasteiger partial charge in [0, 0.05) is 24.7 Å². The molecule has 2 heterocycles. The number of methoxy groups -OCH3 is 1. The number of hydrogen-bond acceptors (Lipinski definition) is 7. The van der Waals surface area contributed by atoms with Crippen LogP contribution in [0.3, 0.4) is 0 Å². The zero-order chi connectivity index (χ0) is 29.9. The Kier molecular flexibility index (Phi) is 8.81. The van der Waals surface area contributed by atoms with E-state index in [0.29, 0.717) is 32.8 Å². The molecule has 0 unspecified atom stereocenters. The third-order valence-corrected chi connectivity index (χ3v) is 9.46. The number of amides is 3. The van der Waals surface area contributed by atoms with Crippen molar-refractivity contribution in [3.8, 4) is 5.75 Å². The average Bonchev–Trinajstić information content (AvgIpc) is 3.58. The Bertz CT molecular complexity index is 1610. The highest BCUT2D eigenvalue weighted by molar-refractivity contribution is 7.90. The maximum atomic E-state index is 14.1. The number of nitrogens with one attached hydrogen (secondary N) is 1. The first-order valence-electron chi connectivity index (χ1n) is 13.4. The summed E-state index contributed by atoms with van der Waals surface area (Å²) in [5, 5.41) is 3.26. The predicted molar refractivity (Wildman–Crippen MR) is 154 cm³/mol. The van der Waals surface area contributed by atoms with E-state index in [-0.39, 0.29) is 29.7 Å².